The summed E-state index contributed by atoms with van der Waals surface area (Å²) in [7, 11) is 1.39. The molecule has 0 radical (unpaired) electrons. The van der Waals surface area contributed by atoms with Gasteiger partial charge in [-0.25, -0.2) is 13.2 Å². The number of anilines is 1. The lowest BCUT2D eigenvalue weighted by molar-refractivity contribution is 0.154. The molecule has 7 rings (SSSR count). The van der Waals surface area contributed by atoms with Crippen molar-refractivity contribution < 1.29 is 28.1 Å². The van der Waals surface area contributed by atoms with Gasteiger partial charge in [-0.05, 0) is 73.9 Å². The SMILES string of the molecule is C#Cc1c(F)ccc2cc(O)cc(-c3ccc4c(N5CCCC(O)C5)nc(OC)nc4c3F)c12.FC1CC2CCCN2C1. The molecule has 10 heteroatoms. The number of terminal acetylenes is 1. The molecule has 3 aliphatic rings. The molecule has 0 aliphatic carbocycles. The lowest BCUT2D eigenvalue weighted by Crippen LogP contribution is -2.38. The van der Waals surface area contributed by atoms with Crippen molar-refractivity contribution in [1.29, 1.82) is 0 Å². The number of β-amino-alcohol motifs (C(OH)–C–C–N with tert-alkyl or cyclic N) is 1. The number of aliphatic hydroxyl groups is 1. The highest BCUT2D eigenvalue weighted by Gasteiger charge is 2.34. The van der Waals surface area contributed by atoms with Gasteiger partial charge >= 0.3 is 6.01 Å². The van der Waals surface area contributed by atoms with Crippen LogP contribution in [0.4, 0.5) is 19.0 Å². The van der Waals surface area contributed by atoms with E-state index in [4.69, 9.17) is 11.2 Å². The van der Waals surface area contributed by atoms with Gasteiger partial charge in [0.1, 0.15) is 29.1 Å². The maximum Gasteiger partial charge on any atom is 0.318 e. The molecule has 4 heterocycles. The van der Waals surface area contributed by atoms with Crippen LogP contribution in [0, 0.1) is 24.0 Å². The van der Waals surface area contributed by atoms with Crippen LogP contribution in [0.5, 0.6) is 11.8 Å². The molecule has 4 aromatic rings. The predicted octanol–water partition coefficient (Wildman–Crippen LogP) is 5.58. The Morgan fingerprint density at radius 3 is 2.58 bits per heavy atom. The molecule has 3 unspecified atom stereocenters. The molecule has 1 aromatic heterocycles. The Kier molecular flexibility index (Phi) is 8.03. The summed E-state index contributed by atoms with van der Waals surface area (Å²) in [4.78, 5) is 12.8. The van der Waals surface area contributed by atoms with Crippen LogP contribution in [0.15, 0.2) is 36.4 Å². The number of halogens is 3. The fourth-order valence-electron chi connectivity index (χ4n) is 6.62. The molecule has 3 atom stereocenters. The highest BCUT2D eigenvalue weighted by atomic mass is 19.1. The minimum absolute atomic E-state index is 0.00886. The van der Waals surface area contributed by atoms with Crippen molar-refractivity contribution in [3.05, 3.63) is 53.6 Å². The topological polar surface area (TPSA) is 82.0 Å². The molecule has 224 valence electrons. The predicted molar refractivity (Wildman–Crippen MR) is 160 cm³/mol. The van der Waals surface area contributed by atoms with Gasteiger partial charge in [-0.15, -0.1) is 6.42 Å². The minimum Gasteiger partial charge on any atom is -0.508 e. The van der Waals surface area contributed by atoms with Crippen molar-refractivity contribution in [3.63, 3.8) is 0 Å². The Morgan fingerprint density at radius 2 is 1.84 bits per heavy atom. The van der Waals surface area contributed by atoms with E-state index in [1.54, 1.807) is 6.07 Å². The second-order valence-electron chi connectivity index (χ2n) is 11.4. The number of hydrogen-bond acceptors (Lipinski definition) is 7. The smallest absolute Gasteiger partial charge is 0.318 e. The number of aliphatic hydroxyl groups excluding tert-OH is 1. The molecule has 2 N–H and O–H groups in total. The van der Waals surface area contributed by atoms with E-state index in [9.17, 15) is 19.0 Å². The number of fused-ring (bicyclic) bond motifs is 3. The van der Waals surface area contributed by atoms with Crippen molar-refractivity contribution in [1.82, 2.24) is 14.9 Å². The van der Waals surface area contributed by atoms with Gasteiger partial charge in [0.05, 0.1) is 18.8 Å². The van der Waals surface area contributed by atoms with Crippen LogP contribution in [0.3, 0.4) is 0 Å². The molecule has 3 fully saturated rings. The molecule has 7 nitrogen and oxygen atoms in total. The second kappa shape index (κ2) is 11.9. The normalized spacial score (nSPS) is 21.9. The number of aromatic nitrogens is 2. The van der Waals surface area contributed by atoms with Gasteiger partial charge in [0.15, 0.2) is 5.82 Å². The molecule has 0 bridgehead atoms. The lowest BCUT2D eigenvalue weighted by Gasteiger charge is -2.31. The molecule has 43 heavy (non-hydrogen) atoms. The summed E-state index contributed by atoms with van der Waals surface area (Å²) in [5, 5.41) is 21.7. The first-order valence-electron chi connectivity index (χ1n) is 14.5. The van der Waals surface area contributed by atoms with Gasteiger partial charge < -0.3 is 19.8 Å². The van der Waals surface area contributed by atoms with E-state index < -0.39 is 23.9 Å². The standard InChI is InChI=1S/C26H21F2N3O3.C7H12FN/c1-3-17-21(27)9-6-14-11-16(33)12-20(22(14)17)18-7-8-19-24(23(18)28)29-26(34-2)30-25(19)31-10-4-5-15(32)13-31;8-6-4-7-2-1-3-9(7)5-6/h1,6-9,11-12,15,32-33H,4-5,10,13H2,2H3;6-7H,1-5H2. The van der Waals surface area contributed by atoms with Crippen molar-refractivity contribution in [3.8, 4) is 35.2 Å². The zero-order valence-electron chi connectivity index (χ0n) is 23.9. The fourth-order valence-corrected chi connectivity index (χ4v) is 6.62. The fraction of sp³-hybridized carbons (Fsp3) is 0.394. The molecule has 3 aromatic carbocycles. The summed E-state index contributed by atoms with van der Waals surface area (Å²) in [6, 6.07) is 9.31. The van der Waals surface area contributed by atoms with Gasteiger partial charge in [-0.3, -0.25) is 4.90 Å². The monoisotopic (exact) mass is 590 g/mol. The van der Waals surface area contributed by atoms with Crippen LogP contribution < -0.4 is 9.64 Å². The Balaban J connectivity index is 0.000000310. The molecular weight excluding hydrogens is 557 g/mol. The minimum atomic E-state index is -0.684. The Hall–Kier alpha value is -4.07. The van der Waals surface area contributed by atoms with Gasteiger partial charge in [0.2, 0.25) is 0 Å². The van der Waals surface area contributed by atoms with Crippen LogP contribution in [-0.2, 0) is 0 Å². The van der Waals surface area contributed by atoms with Crippen LogP contribution in [0.25, 0.3) is 32.8 Å². The average molecular weight is 591 g/mol. The quantitative estimate of drug-likeness (QED) is 0.302. The van der Waals surface area contributed by atoms with E-state index in [0.29, 0.717) is 54.1 Å². The number of methoxy groups -OCH3 is 1. The van der Waals surface area contributed by atoms with Gasteiger partial charge in [-0.2, -0.15) is 9.97 Å². The van der Waals surface area contributed by atoms with E-state index in [0.717, 1.165) is 19.4 Å². The number of aromatic hydroxyl groups is 1. The number of phenolic OH excluding ortho intramolecular Hbond substituents is 1. The number of hydrogen-bond donors (Lipinski definition) is 2. The van der Waals surface area contributed by atoms with Crippen molar-refractivity contribution in [2.45, 2.75) is 50.4 Å². The van der Waals surface area contributed by atoms with Crippen molar-refractivity contribution >= 4 is 27.5 Å². The first kappa shape index (κ1) is 29.0. The average Bonchev–Trinajstić information content (AvgIpc) is 3.58. The molecule has 3 aliphatic heterocycles. The number of rotatable bonds is 3. The lowest BCUT2D eigenvalue weighted by atomic mass is 9.93. The van der Waals surface area contributed by atoms with E-state index in [2.05, 4.69) is 20.8 Å². The Labute approximate surface area is 247 Å². The van der Waals surface area contributed by atoms with E-state index in [-0.39, 0.29) is 34.0 Å². The molecular formula is C33H33F3N4O3. The van der Waals surface area contributed by atoms with E-state index in [1.165, 1.54) is 50.3 Å². The van der Waals surface area contributed by atoms with Crippen molar-refractivity contribution in [2.24, 2.45) is 0 Å². The molecule has 0 amide bonds. The summed E-state index contributed by atoms with van der Waals surface area (Å²) in [6.07, 6.45) is 9.33. The zero-order valence-corrected chi connectivity index (χ0v) is 23.9. The summed E-state index contributed by atoms with van der Waals surface area (Å²) >= 11 is 0. The van der Waals surface area contributed by atoms with Crippen molar-refractivity contribution in [2.75, 3.05) is 38.2 Å². The number of piperidine rings is 1. The van der Waals surface area contributed by atoms with Crippen LogP contribution >= 0.6 is 0 Å². The molecule has 0 saturated carbocycles. The summed E-state index contributed by atoms with van der Waals surface area (Å²) in [6.45, 7) is 2.87. The number of alkyl halides is 1. The third kappa shape index (κ3) is 5.55. The molecule has 3 saturated heterocycles. The maximum atomic E-state index is 16.1. The first-order chi connectivity index (χ1) is 20.8. The highest BCUT2D eigenvalue weighted by Crippen LogP contribution is 2.40. The number of ether oxygens (including phenoxy) is 1. The van der Waals surface area contributed by atoms with Gasteiger partial charge in [-0.1, -0.05) is 18.1 Å². The molecule has 0 spiro atoms. The largest absolute Gasteiger partial charge is 0.508 e. The first-order valence-corrected chi connectivity index (χ1v) is 14.5. The summed E-state index contributed by atoms with van der Waals surface area (Å²) in [5.41, 5.74) is 0.333. The Morgan fingerprint density at radius 1 is 1.02 bits per heavy atom. The number of phenols is 1. The highest BCUT2D eigenvalue weighted by molar-refractivity contribution is 6.04. The number of nitrogens with zero attached hydrogens (tertiary/aromatic N) is 4. The maximum absolute atomic E-state index is 16.1. The zero-order chi connectivity index (χ0) is 30.2. The Bertz CT molecular complexity index is 1710. The van der Waals surface area contributed by atoms with Crippen LogP contribution in [0.1, 0.15) is 37.7 Å². The van der Waals surface area contributed by atoms with E-state index in [1.807, 2.05) is 4.90 Å². The van der Waals surface area contributed by atoms with Crippen LogP contribution in [0.2, 0.25) is 0 Å². The summed E-state index contributed by atoms with van der Waals surface area (Å²) < 4.78 is 48.4. The van der Waals surface area contributed by atoms with Gasteiger partial charge in [0, 0.05) is 42.0 Å². The third-order valence-corrected chi connectivity index (χ3v) is 8.59. The summed E-state index contributed by atoms with van der Waals surface area (Å²) in [5.74, 6) is 1.40. The van der Waals surface area contributed by atoms with Crippen LogP contribution in [-0.4, -0.2) is 76.7 Å². The van der Waals surface area contributed by atoms with E-state index >= 15 is 4.39 Å². The number of benzene rings is 3. The second-order valence-corrected chi connectivity index (χ2v) is 11.4. The van der Waals surface area contributed by atoms with Gasteiger partial charge in [0.25, 0.3) is 0 Å². The third-order valence-electron chi connectivity index (χ3n) is 8.59.